The van der Waals surface area contributed by atoms with Gasteiger partial charge in [0.2, 0.25) is 0 Å². The zero-order valence-corrected chi connectivity index (χ0v) is 13.0. The molecule has 0 aliphatic carbocycles. The van der Waals surface area contributed by atoms with Gasteiger partial charge in [-0.15, -0.1) is 11.6 Å². The second-order valence-corrected chi connectivity index (χ2v) is 6.31. The van der Waals surface area contributed by atoms with Crippen LogP contribution in [0.1, 0.15) is 39.7 Å². The second kappa shape index (κ2) is 6.95. The molecule has 1 aromatic carbocycles. The van der Waals surface area contributed by atoms with Gasteiger partial charge in [0.1, 0.15) is 5.75 Å². The molecule has 2 nitrogen and oxygen atoms in total. The van der Waals surface area contributed by atoms with Gasteiger partial charge in [0.25, 0.3) is 0 Å². The molecule has 0 N–H and O–H groups in total. The van der Waals surface area contributed by atoms with Crippen molar-refractivity contribution in [3.05, 3.63) is 29.8 Å². The van der Waals surface area contributed by atoms with E-state index in [1.807, 2.05) is 45.0 Å². The summed E-state index contributed by atoms with van der Waals surface area (Å²) in [7, 11) is 0. The van der Waals surface area contributed by atoms with Gasteiger partial charge in [-0.1, -0.05) is 39.8 Å². The number of ketones is 1. The SMILES string of the molecule is CCCOc1ccc(CC(Cl)C(=O)C(C)(C)C)cc1. The number of benzene rings is 1. The molecule has 3 heteroatoms. The summed E-state index contributed by atoms with van der Waals surface area (Å²) in [5, 5.41) is -0.470. The lowest BCUT2D eigenvalue weighted by molar-refractivity contribution is -0.125. The van der Waals surface area contributed by atoms with Crippen LogP contribution < -0.4 is 4.74 Å². The maximum atomic E-state index is 12.0. The molecule has 0 saturated carbocycles. The molecule has 0 aliphatic rings. The lowest BCUT2D eigenvalue weighted by Gasteiger charge is -2.20. The number of ether oxygens (including phenoxy) is 1. The van der Waals surface area contributed by atoms with Crippen molar-refractivity contribution in [3.63, 3.8) is 0 Å². The smallest absolute Gasteiger partial charge is 0.156 e. The number of Topliss-reactive ketones (excluding diaryl/α,β-unsaturated/α-hetero) is 1. The summed E-state index contributed by atoms with van der Waals surface area (Å²) >= 11 is 6.19. The zero-order valence-electron chi connectivity index (χ0n) is 12.2. The second-order valence-electron chi connectivity index (χ2n) is 5.78. The molecule has 0 bridgehead atoms. The molecule has 1 atom stereocenters. The van der Waals surface area contributed by atoms with Gasteiger partial charge in [-0.05, 0) is 30.5 Å². The van der Waals surface area contributed by atoms with Crippen LogP contribution in [0.15, 0.2) is 24.3 Å². The molecule has 0 heterocycles. The van der Waals surface area contributed by atoms with Crippen LogP contribution in [0.25, 0.3) is 0 Å². The minimum absolute atomic E-state index is 0.0838. The minimum atomic E-state index is -0.470. The van der Waals surface area contributed by atoms with Gasteiger partial charge in [-0.2, -0.15) is 0 Å². The molecule has 0 fully saturated rings. The quantitative estimate of drug-likeness (QED) is 0.730. The molecule has 0 aliphatic heterocycles. The Bertz CT molecular complexity index is 404. The van der Waals surface area contributed by atoms with Gasteiger partial charge < -0.3 is 4.74 Å². The van der Waals surface area contributed by atoms with Gasteiger partial charge in [0.15, 0.2) is 5.78 Å². The van der Waals surface area contributed by atoms with Crippen molar-refractivity contribution in [2.24, 2.45) is 5.41 Å². The highest BCUT2D eigenvalue weighted by Gasteiger charge is 2.28. The van der Waals surface area contributed by atoms with Crippen LogP contribution in [-0.2, 0) is 11.2 Å². The lowest BCUT2D eigenvalue weighted by atomic mass is 9.87. The number of alkyl halides is 1. The first kappa shape index (κ1) is 16.0. The first-order chi connectivity index (χ1) is 8.84. The van der Waals surface area contributed by atoms with E-state index in [-0.39, 0.29) is 5.78 Å². The van der Waals surface area contributed by atoms with E-state index < -0.39 is 10.8 Å². The van der Waals surface area contributed by atoms with E-state index in [9.17, 15) is 4.79 Å². The Kier molecular flexibility index (Phi) is 5.86. The normalized spacial score (nSPS) is 13.1. The number of carbonyl (C=O) groups excluding carboxylic acids is 1. The predicted molar refractivity (Wildman–Crippen MR) is 80.0 cm³/mol. The van der Waals surface area contributed by atoms with E-state index in [2.05, 4.69) is 6.92 Å². The number of carbonyl (C=O) groups is 1. The number of rotatable bonds is 6. The first-order valence-electron chi connectivity index (χ1n) is 6.74. The molecule has 0 spiro atoms. The molecule has 1 unspecified atom stereocenters. The summed E-state index contributed by atoms with van der Waals surface area (Å²) in [6.07, 6.45) is 1.55. The van der Waals surface area contributed by atoms with Gasteiger partial charge in [-0.3, -0.25) is 4.79 Å². The van der Waals surface area contributed by atoms with Crippen LogP contribution in [0.3, 0.4) is 0 Å². The maximum absolute atomic E-state index is 12.0. The average Bonchev–Trinajstić information content (AvgIpc) is 2.36. The van der Waals surface area contributed by atoms with Crippen molar-refractivity contribution in [2.45, 2.75) is 45.9 Å². The van der Waals surface area contributed by atoms with Crippen LogP contribution >= 0.6 is 11.6 Å². The van der Waals surface area contributed by atoms with Crippen molar-refractivity contribution in [2.75, 3.05) is 6.61 Å². The van der Waals surface area contributed by atoms with E-state index in [1.165, 1.54) is 0 Å². The number of hydrogen-bond acceptors (Lipinski definition) is 2. The molecule has 19 heavy (non-hydrogen) atoms. The van der Waals surface area contributed by atoms with Crippen LogP contribution in [-0.4, -0.2) is 17.8 Å². The molecule has 0 radical (unpaired) electrons. The first-order valence-corrected chi connectivity index (χ1v) is 7.18. The Morgan fingerprint density at radius 2 is 1.84 bits per heavy atom. The third-order valence-corrected chi connectivity index (χ3v) is 3.19. The van der Waals surface area contributed by atoms with E-state index in [0.29, 0.717) is 6.42 Å². The summed E-state index contributed by atoms with van der Waals surface area (Å²) in [6, 6.07) is 7.79. The molecular formula is C16H23ClO2. The molecule has 1 aromatic rings. The fourth-order valence-corrected chi connectivity index (χ4v) is 2.22. The van der Waals surface area contributed by atoms with Gasteiger partial charge in [-0.25, -0.2) is 0 Å². The summed E-state index contributed by atoms with van der Waals surface area (Å²) < 4.78 is 5.52. The van der Waals surface area contributed by atoms with Crippen LogP contribution in [0.2, 0.25) is 0 Å². The number of halogens is 1. The molecule has 1 rings (SSSR count). The molecule has 106 valence electrons. The fraction of sp³-hybridized carbons (Fsp3) is 0.562. The van der Waals surface area contributed by atoms with Gasteiger partial charge >= 0.3 is 0 Å². The Hall–Kier alpha value is -1.02. The summed E-state index contributed by atoms with van der Waals surface area (Å²) in [5.41, 5.74) is 0.665. The molecular weight excluding hydrogens is 260 g/mol. The fourth-order valence-electron chi connectivity index (χ4n) is 1.71. The van der Waals surface area contributed by atoms with Crippen LogP contribution in [0, 0.1) is 5.41 Å². The van der Waals surface area contributed by atoms with E-state index in [1.54, 1.807) is 0 Å². The highest BCUT2D eigenvalue weighted by molar-refractivity contribution is 6.31. The Balaban J connectivity index is 2.60. The van der Waals surface area contributed by atoms with Gasteiger partial charge in [0, 0.05) is 5.41 Å². The Morgan fingerprint density at radius 1 is 1.26 bits per heavy atom. The van der Waals surface area contributed by atoms with Crippen molar-refractivity contribution in [3.8, 4) is 5.75 Å². The Labute approximate surface area is 121 Å². The highest BCUT2D eigenvalue weighted by atomic mass is 35.5. The monoisotopic (exact) mass is 282 g/mol. The third kappa shape index (κ3) is 5.23. The van der Waals surface area contributed by atoms with E-state index in [0.717, 1.165) is 24.3 Å². The highest BCUT2D eigenvalue weighted by Crippen LogP contribution is 2.23. The van der Waals surface area contributed by atoms with E-state index >= 15 is 0 Å². The third-order valence-electron chi connectivity index (χ3n) is 2.83. The minimum Gasteiger partial charge on any atom is -0.494 e. The maximum Gasteiger partial charge on any atom is 0.156 e. The zero-order chi connectivity index (χ0) is 14.5. The Morgan fingerprint density at radius 3 is 2.32 bits per heavy atom. The van der Waals surface area contributed by atoms with E-state index in [4.69, 9.17) is 16.3 Å². The average molecular weight is 283 g/mol. The van der Waals surface area contributed by atoms with Gasteiger partial charge in [0.05, 0.1) is 12.0 Å². The van der Waals surface area contributed by atoms with Crippen molar-refractivity contribution in [1.82, 2.24) is 0 Å². The molecule has 0 amide bonds. The van der Waals surface area contributed by atoms with Crippen molar-refractivity contribution < 1.29 is 9.53 Å². The molecule has 0 saturated heterocycles. The van der Waals surface area contributed by atoms with Crippen molar-refractivity contribution in [1.29, 1.82) is 0 Å². The lowest BCUT2D eigenvalue weighted by Crippen LogP contribution is -2.30. The summed E-state index contributed by atoms with van der Waals surface area (Å²) in [6.45, 7) is 8.48. The van der Waals surface area contributed by atoms with Crippen molar-refractivity contribution >= 4 is 17.4 Å². The molecule has 0 aromatic heterocycles. The van der Waals surface area contributed by atoms with Crippen LogP contribution in [0.5, 0.6) is 5.75 Å². The largest absolute Gasteiger partial charge is 0.494 e. The summed E-state index contributed by atoms with van der Waals surface area (Å²) in [4.78, 5) is 12.0. The topological polar surface area (TPSA) is 26.3 Å². The van der Waals surface area contributed by atoms with Crippen LogP contribution in [0.4, 0.5) is 0 Å². The standard InChI is InChI=1S/C16H23ClO2/c1-5-10-19-13-8-6-12(7-9-13)11-14(17)15(18)16(2,3)4/h6-9,14H,5,10-11H2,1-4H3. The summed E-state index contributed by atoms with van der Waals surface area (Å²) in [5.74, 6) is 0.944. The number of hydrogen-bond donors (Lipinski definition) is 0. The predicted octanol–water partition coefficient (Wildman–Crippen LogP) is 4.24.